The highest BCUT2D eigenvalue weighted by Crippen LogP contribution is 2.30. The molecule has 1 aliphatic heterocycles. The van der Waals surface area contributed by atoms with Crippen molar-refractivity contribution in [3.63, 3.8) is 0 Å². The predicted octanol–water partition coefficient (Wildman–Crippen LogP) is 2.34. The number of aryl methyl sites for hydroxylation is 1. The number of rotatable bonds is 3. The molecule has 0 atom stereocenters. The van der Waals surface area contributed by atoms with E-state index in [1.165, 1.54) is 0 Å². The second-order valence-corrected chi connectivity index (χ2v) is 7.79. The molecule has 8 heteroatoms. The number of nitrogens with zero attached hydrogens (tertiary/aromatic N) is 5. The topological polar surface area (TPSA) is 91.7 Å². The Morgan fingerprint density at radius 1 is 1.21 bits per heavy atom. The van der Waals surface area contributed by atoms with Gasteiger partial charge in [0.15, 0.2) is 0 Å². The highest BCUT2D eigenvalue weighted by atomic mass is 16.1. The zero-order valence-corrected chi connectivity index (χ0v) is 16.5. The van der Waals surface area contributed by atoms with Gasteiger partial charge >= 0.3 is 0 Å². The lowest BCUT2D eigenvalue weighted by Gasteiger charge is -2.29. The minimum atomic E-state index is -0.0626. The number of amides is 1. The van der Waals surface area contributed by atoms with Gasteiger partial charge in [-0.2, -0.15) is 0 Å². The number of benzene rings is 1. The van der Waals surface area contributed by atoms with E-state index in [0.29, 0.717) is 5.56 Å². The Kier molecular flexibility index (Phi) is 4.28. The molecule has 1 aliphatic rings. The highest BCUT2D eigenvalue weighted by Gasteiger charge is 2.20. The standard InChI is InChI=1S/C21H23N7O/c1-27-7-5-15(6-8-27)24-21(29)14-9-16-17(12-23-20(16)22-11-14)13-3-4-18-19(10-13)28(2)26-25-18/h3-4,9-12,15H,5-8H2,1-2H3,(H,22,23)(H,24,29). The summed E-state index contributed by atoms with van der Waals surface area (Å²) in [7, 11) is 3.99. The van der Waals surface area contributed by atoms with E-state index >= 15 is 0 Å². The van der Waals surface area contributed by atoms with E-state index < -0.39 is 0 Å². The number of pyridine rings is 1. The van der Waals surface area contributed by atoms with Gasteiger partial charge in [0, 0.05) is 36.4 Å². The molecule has 0 bridgehead atoms. The first kappa shape index (κ1) is 17.8. The number of hydrogen-bond acceptors (Lipinski definition) is 5. The van der Waals surface area contributed by atoms with E-state index in [4.69, 9.17) is 0 Å². The number of carbonyl (C=O) groups excluding carboxylic acids is 1. The predicted molar refractivity (Wildman–Crippen MR) is 112 cm³/mol. The number of aromatic nitrogens is 5. The van der Waals surface area contributed by atoms with Crippen LogP contribution in [0.4, 0.5) is 0 Å². The van der Waals surface area contributed by atoms with Gasteiger partial charge in [0.25, 0.3) is 5.91 Å². The minimum absolute atomic E-state index is 0.0626. The molecule has 0 radical (unpaired) electrons. The summed E-state index contributed by atoms with van der Waals surface area (Å²) < 4.78 is 1.76. The lowest BCUT2D eigenvalue weighted by molar-refractivity contribution is 0.0916. The van der Waals surface area contributed by atoms with E-state index in [-0.39, 0.29) is 11.9 Å². The number of likely N-dealkylation sites (tertiary alicyclic amines) is 1. The van der Waals surface area contributed by atoms with Gasteiger partial charge < -0.3 is 15.2 Å². The first-order chi connectivity index (χ1) is 14.1. The lowest BCUT2D eigenvalue weighted by atomic mass is 10.0. The van der Waals surface area contributed by atoms with Crippen molar-refractivity contribution in [2.24, 2.45) is 7.05 Å². The summed E-state index contributed by atoms with van der Waals surface area (Å²) in [6, 6.07) is 8.18. The van der Waals surface area contributed by atoms with Crippen molar-refractivity contribution in [3.8, 4) is 11.1 Å². The molecule has 4 heterocycles. The number of fused-ring (bicyclic) bond motifs is 2. The van der Waals surface area contributed by atoms with E-state index in [0.717, 1.165) is 59.1 Å². The summed E-state index contributed by atoms with van der Waals surface area (Å²) in [6.07, 6.45) is 5.53. The molecule has 1 fully saturated rings. The molecule has 2 N–H and O–H groups in total. The molecule has 1 aromatic carbocycles. The third kappa shape index (κ3) is 3.25. The summed E-state index contributed by atoms with van der Waals surface area (Å²) in [5, 5.41) is 12.3. The second kappa shape index (κ2) is 6.97. The molecule has 0 unspecified atom stereocenters. The molecule has 1 saturated heterocycles. The highest BCUT2D eigenvalue weighted by molar-refractivity contribution is 6.01. The van der Waals surface area contributed by atoms with Crippen molar-refractivity contribution in [1.29, 1.82) is 0 Å². The molecule has 0 saturated carbocycles. The smallest absolute Gasteiger partial charge is 0.253 e. The molecular formula is C21H23N7O. The quantitative estimate of drug-likeness (QED) is 0.561. The molecule has 0 aliphatic carbocycles. The van der Waals surface area contributed by atoms with Gasteiger partial charge in [-0.25, -0.2) is 9.67 Å². The van der Waals surface area contributed by atoms with Crippen LogP contribution in [-0.2, 0) is 7.05 Å². The summed E-state index contributed by atoms with van der Waals surface area (Å²) in [5.41, 5.74) is 5.20. The van der Waals surface area contributed by atoms with Gasteiger partial charge in [-0.05, 0) is 56.7 Å². The second-order valence-electron chi connectivity index (χ2n) is 7.79. The maximum Gasteiger partial charge on any atom is 0.253 e. The summed E-state index contributed by atoms with van der Waals surface area (Å²) in [4.78, 5) is 22.8. The molecule has 29 heavy (non-hydrogen) atoms. The maximum atomic E-state index is 12.8. The Labute approximate surface area is 167 Å². The molecule has 3 aromatic heterocycles. The molecular weight excluding hydrogens is 366 g/mol. The Morgan fingerprint density at radius 2 is 2.03 bits per heavy atom. The van der Waals surface area contributed by atoms with E-state index in [1.54, 1.807) is 10.9 Å². The van der Waals surface area contributed by atoms with Crippen molar-refractivity contribution < 1.29 is 4.79 Å². The van der Waals surface area contributed by atoms with Gasteiger partial charge in [0.1, 0.15) is 11.2 Å². The molecule has 4 aromatic rings. The van der Waals surface area contributed by atoms with Gasteiger partial charge in [-0.1, -0.05) is 11.3 Å². The van der Waals surface area contributed by atoms with Crippen LogP contribution in [0, 0.1) is 0 Å². The Hall–Kier alpha value is -3.26. The first-order valence-corrected chi connectivity index (χ1v) is 9.85. The van der Waals surface area contributed by atoms with Crippen LogP contribution in [0.25, 0.3) is 33.2 Å². The van der Waals surface area contributed by atoms with Crippen LogP contribution in [0.5, 0.6) is 0 Å². The van der Waals surface area contributed by atoms with E-state index in [2.05, 4.69) is 43.6 Å². The van der Waals surface area contributed by atoms with Crippen LogP contribution in [-0.4, -0.2) is 61.9 Å². The number of aromatic amines is 1. The van der Waals surface area contributed by atoms with Crippen molar-refractivity contribution in [1.82, 2.24) is 35.2 Å². The SMILES string of the molecule is CN1CCC(NC(=O)c2cnc3[nH]cc(-c4ccc5nnn(C)c5c4)c3c2)CC1. The lowest BCUT2D eigenvalue weighted by Crippen LogP contribution is -2.43. The van der Waals surface area contributed by atoms with Gasteiger partial charge in [0.05, 0.1) is 11.1 Å². The summed E-state index contributed by atoms with van der Waals surface area (Å²) >= 11 is 0. The number of piperidine rings is 1. The molecule has 8 nitrogen and oxygen atoms in total. The van der Waals surface area contributed by atoms with Crippen molar-refractivity contribution in [2.75, 3.05) is 20.1 Å². The Bertz CT molecular complexity index is 1200. The monoisotopic (exact) mass is 389 g/mol. The first-order valence-electron chi connectivity index (χ1n) is 9.85. The third-order valence-corrected chi connectivity index (χ3v) is 5.77. The van der Waals surface area contributed by atoms with Crippen LogP contribution in [0.3, 0.4) is 0 Å². The number of nitrogens with one attached hydrogen (secondary N) is 2. The molecule has 1 amide bonds. The fraction of sp³-hybridized carbons (Fsp3) is 0.333. The normalized spacial score (nSPS) is 15.9. The van der Waals surface area contributed by atoms with Gasteiger partial charge in [-0.15, -0.1) is 5.10 Å². The van der Waals surface area contributed by atoms with Gasteiger partial charge in [0.2, 0.25) is 0 Å². The minimum Gasteiger partial charge on any atom is -0.349 e. The number of carbonyl (C=O) groups is 1. The van der Waals surface area contributed by atoms with Crippen LogP contribution >= 0.6 is 0 Å². The van der Waals surface area contributed by atoms with E-state index in [1.807, 2.05) is 31.4 Å². The Balaban J connectivity index is 1.46. The van der Waals surface area contributed by atoms with Crippen LogP contribution in [0.1, 0.15) is 23.2 Å². The number of hydrogen-bond donors (Lipinski definition) is 2. The Morgan fingerprint density at radius 3 is 2.86 bits per heavy atom. The summed E-state index contributed by atoms with van der Waals surface area (Å²) in [6.45, 7) is 2.02. The van der Waals surface area contributed by atoms with Crippen molar-refractivity contribution >= 4 is 28.0 Å². The zero-order valence-electron chi connectivity index (χ0n) is 16.5. The van der Waals surface area contributed by atoms with Crippen LogP contribution in [0.2, 0.25) is 0 Å². The van der Waals surface area contributed by atoms with E-state index in [9.17, 15) is 4.79 Å². The zero-order chi connectivity index (χ0) is 20.0. The fourth-order valence-electron chi connectivity index (χ4n) is 3.99. The maximum absolute atomic E-state index is 12.8. The largest absolute Gasteiger partial charge is 0.349 e. The summed E-state index contributed by atoms with van der Waals surface area (Å²) in [5.74, 6) is -0.0626. The van der Waals surface area contributed by atoms with Crippen LogP contribution < -0.4 is 5.32 Å². The average molecular weight is 389 g/mol. The molecule has 0 spiro atoms. The van der Waals surface area contributed by atoms with Gasteiger partial charge in [-0.3, -0.25) is 4.79 Å². The van der Waals surface area contributed by atoms with Crippen molar-refractivity contribution in [3.05, 3.63) is 42.2 Å². The fourth-order valence-corrected chi connectivity index (χ4v) is 3.99. The number of H-pyrrole nitrogens is 1. The molecule has 5 rings (SSSR count). The third-order valence-electron chi connectivity index (χ3n) is 5.77. The van der Waals surface area contributed by atoms with Crippen molar-refractivity contribution in [2.45, 2.75) is 18.9 Å². The van der Waals surface area contributed by atoms with Crippen LogP contribution in [0.15, 0.2) is 36.7 Å². The average Bonchev–Trinajstić information content (AvgIpc) is 3.32. The molecule has 148 valence electrons.